The lowest BCUT2D eigenvalue weighted by Gasteiger charge is -2.33. The Morgan fingerprint density at radius 2 is 1.60 bits per heavy atom. The van der Waals surface area contributed by atoms with E-state index in [-0.39, 0.29) is 18.5 Å². The van der Waals surface area contributed by atoms with Crippen LogP contribution in [0.1, 0.15) is 45.2 Å². The predicted octanol–water partition coefficient (Wildman–Crippen LogP) is 3.49. The molecule has 0 heterocycles. The van der Waals surface area contributed by atoms with E-state index < -0.39 is 28.5 Å². The molecular weight excluding hydrogens is 466 g/mol. The number of sulfonamides is 1. The van der Waals surface area contributed by atoms with Gasteiger partial charge in [0, 0.05) is 12.6 Å². The number of rotatable bonds is 12. The third-order valence-corrected chi connectivity index (χ3v) is 6.55. The van der Waals surface area contributed by atoms with Gasteiger partial charge in [-0.1, -0.05) is 36.8 Å². The molecule has 2 aromatic rings. The van der Waals surface area contributed by atoms with Gasteiger partial charge in [-0.3, -0.25) is 13.9 Å². The van der Waals surface area contributed by atoms with Gasteiger partial charge in [0.25, 0.3) is 0 Å². The summed E-state index contributed by atoms with van der Waals surface area (Å²) in [4.78, 5) is 28.1. The van der Waals surface area contributed by atoms with E-state index in [1.165, 1.54) is 4.90 Å². The maximum Gasteiger partial charge on any atom is 0.244 e. The molecule has 1 atom stereocenters. The summed E-state index contributed by atoms with van der Waals surface area (Å²) in [5.41, 5.74) is 2.28. The molecule has 0 aliphatic rings. The third kappa shape index (κ3) is 8.28. The molecule has 192 valence electrons. The number of nitrogens with one attached hydrogen (secondary N) is 1. The van der Waals surface area contributed by atoms with Crippen LogP contribution in [0.15, 0.2) is 48.5 Å². The molecule has 0 fully saturated rings. The second-order valence-corrected chi connectivity index (χ2v) is 10.7. The summed E-state index contributed by atoms with van der Waals surface area (Å²) in [5, 5.41) is 2.88. The van der Waals surface area contributed by atoms with Crippen LogP contribution < -0.4 is 14.4 Å². The zero-order valence-electron chi connectivity index (χ0n) is 21.4. The molecule has 0 saturated carbocycles. The number of hydrogen-bond donors (Lipinski definition) is 1. The summed E-state index contributed by atoms with van der Waals surface area (Å²) >= 11 is 0. The van der Waals surface area contributed by atoms with E-state index in [9.17, 15) is 18.0 Å². The van der Waals surface area contributed by atoms with Crippen molar-refractivity contribution in [3.05, 3.63) is 59.7 Å². The Morgan fingerprint density at radius 3 is 2.09 bits per heavy atom. The van der Waals surface area contributed by atoms with Crippen molar-refractivity contribution in [2.75, 3.05) is 23.7 Å². The molecule has 0 aromatic heterocycles. The SMILES string of the molecule is CCOc1ccc(N(CC(=O)N(Cc2ccc(C)cc2)C(CC)C(=O)NC(C)C)S(C)(=O)=O)cc1. The largest absolute Gasteiger partial charge is 0.494 e. The lowest BCUT2D eigenvalue weighted by Crippen LogP contribution is -2.53. The lowest BCUT2D eigenvalue weighted by atomic mass is 10.1. The lowest BCUT2D eigenvalue weighted by molar-refractivity contribution is -0.140. The van der Waals surface area contributed by atoms with Gasteiger partial charge in [0.2, 0.25) is 21.8 Å². The first-order chi connectivity index (χ1) is 16.5. The average Bonchev–Trinajstić information content (AvgIpc) is 2.78. The van der Waals surface area contributed by atoms with Crippen LogP contribution in [0, 0.1) is 6.92 Å². The topological polar surface area (TPSA) is 96.0 Å². The number of ether oxygens (including phenoxy) is 1. The first-order valence-corrected chi connectivity index (χ1v) is 13.7. The van der Waals surface area contributed by atoms with Gasteiger partial charge < -0.3 is 15.0 Å². The smallest absolute Gasteiger partial charge is 0.244 e. The predicted molar refractivity (Wildman–Crippen MR) is 139 cm³/mol. The minimum absolute atomic E-state index is 0.0933. The van der Waals surface area contributed by atoms with Crippen molar-refractivity contribution < 1.29 is 22.7 Å². The highest BCUT2D eigenvalue weighted by atomic mass is 32.2. The Bertz CT molecular complexity index is 1080. The Kier molecular flexibility index (Phi) is 10.1. The number of carbonyl (C=O) groups is 2. The molecule has 1 N–H and O–H groups in total. The number of anilines is 1. The molecular formula is C26H37N3O5S. The summed E-state index contributed by atoms with van der Waals surface area (Å²) in [6.07, 6.45) is 1.45. The zero-order chi connectivity index (χ0) is 26.2. The van der Waals surface area contributed by atoms with E-state index in [1.54, 1.807) is 24.3 Å². The number of amides is 2. The van der Waals surface area contributed by atoms with E-state index in [0.29, 0.717) is 24.5 Å². The number of carbonyl (C=O) groups excluding carboxylic acids is 2. The first kappa shape index (κ1) is 28.2. The van der Waals surface area contributed by atoms with Crippen LogP contribution in [0.5, 0.6) is 5.75 Å². The van der Waals surface area contributed by atoms with Crippen molar-refractivity contribution in [2.24, 2.45) is 0 Å². The molecule has 2 amide bonds. The van der Waals surface area contributed by atoms with Crippen LogP contribution in [-0.2, 0) is 26.2 Å². The molecule has 2 aromatic carbocycles. The molecule has 9 heteroatoms. The molecule has 1 unspecified atom stereocenters. The standard InChI is InChI=1S/C26H37N3O5S/c1-7-24(26(31)27-19(3)4)28(17-21-11-9-20(5)10-12-21)25(30)18-29(35(6,32)33)22-13-15-23(16-14-22)34-8-2/h9-16,19,24H,7-8,17-18H2,1-6H3,(H,27,31). The summed E-state index contributed by atoms with van der Waals surface area (Å²) in [6, 6.07) is 13.4. The van der Waals surface area contributed by atoms with Gasteiger partial charge in [-0.05, 0) is 63.9 Å². The normalized spacial score (nSPS) is 12.2. The van der Waals surface area contributed by atoms with E-state index in [4.69, 9.17) is 4.74 Å². The Morgan fingerprint density at radius 1 is 1.00 bits per heavy atom. The molecule has 0 radical (unpaired) electrons. The molecule has 35 heavy (non-hydrogen) atoms. The second kappa shape index (κ2) is 12.6. The van der Waals surface area contributed by atoms with Crippen molar-refractivity contribution in [1.82, 2.24) is 10.2 Å². The van der Waals surface area contributed by atoms with Crippen LogP contribution >= 0.6 is 0 Å². The van der Waals surface area contributed by atoms with Gasteiger partial charge in [0.05, 0.1) is 18.6 Å². The van der Waals surface area contributed by atoms with Gasteiger partial charge in [-0.2, -0.15) is 0 Å². The molecule has 0 aliphatic carbocycles. The minimum Gasteiger partial charge on any atom is -0.494 e. The Hall–Kier alpha value is -3.07. The molecule has 8 nitrogen and oxygen atoms in total. The van der Waals surface area contributed by atoms with Crippen LogP contribution in [0.25, 0.3) is 0 Å². The third-order valence-electron chi connectivity index (χ3n) is 5.41. The average molecular weight is 504 g/mol. The van der Waals surface area contributed by atoms with Crippen molar-refractivity contribution in [2.45, 2.75) is 59.7 Å². The fourth-order valence-corrected chi connectivity index (χ4v) is 4.53. The summed E-state index contributed by atoms with van der Waals surface area (Å²) in [6.45, 7) is 9.62. The Balaban J connectivity index is 2.40. The maximum absolute atomic E-state index is 13.6. The number of aryl methyl sites for hydroxylation is 1. The van der Waals surface area contributed by atoms with E-state index >= 15 is 0 Å². The highest BCUT2D eigenvalue weighted by Crippen LogP contribution is 2.23. The summed E-state index contributed by atoms with van der Waals surface area (Å²) in [5.74, 6) is -0.126. The van der Waals surface area contributed by atoms with E-state index in [0.717, 1.165) is 21.7 Å². The van der Waals surface area contributed by atoms with Crippen molar-refractivity contribution in [1.29, 1.82) is 0 Å². The number of nitrogens with zero attached hydrogens (tertiary/aromatic N) is 2. The molecule has 2 rings (SSSR count). The molecule has 0 aliphatic heterocycles. The van der Waals surface area contributed by atoms with E-state index in [1.807, 2.05) is 58.9 Å². The molecule has 0 spiro atoms. The monoisotopic (exact) mass is 503 g/mol. The Labute approximate surface area is 209 Å². The first-order valence-electron chi connectivity index (χ1n) is 11.8. The quantitative estimate of drug-likeness (QED) is 0.478. The summed E-state index contributed by atoms with van der Waals surface area (Å²) < 4.78 is 31.8. The summed E-state index contributed by atoms with van der Waals surface area (Å²) in [7, 11) is -3.78. The van der Waals surface area contributed by atoms with Crippen LogP contribution in [0.4, 0.5) is 5.69 Å². The van der Waals surface area contributed by atoms with Crippen molar-refractivity contribution in [3.63, 3.8) is 0 Å². The van der Waals surface area contributed by atoms with Gasteiger partial charge in [-0.15, -0.1) is 0 Å². The van der Waals surface area contributed by atoms with Crippen LogP contribution in [0.3, 0.4) is 0 Å². The van der Waals surface area contributed by atoms with Gasteiger partial charge in [-0.25, -0.2) is 8.42 Å². The van der Waals surface area contributed by atoms with Gasteiger partial charge >= 0.3 is 0 Å². The van der Waals surface area contributed by atoms with Gasteiger partial charge in [0.1, 0.15) is 18.3 Å². The fourth-order valence-electron chi connectivity index (χ4n) is 3.68. The highest BCUT2D eigenvalue weighted by molar-refractivity contribution is 7.92. The second-order valence-electron chi connectivity index (χ2n) is 8.79. The fraction of sp³-hybridized carbons (Fsp3) is 0.462. The number of benzene rings is 2. The molecule has 0 bridgehead atoms. The van der Waals surface area contributed by atoms with Crippen LogP contribution in [-0.4, -0.2) is 56.6 Å². The number of hydrogen-bond acceptors (Lipinski definition) is 5. The highest BCUT2D eigenvalue weighted by Gasteiger charge is 2.32. The van der Waals surface area contributed by atoms with Crippen molar-refractivity contribution >= 4 is 27.5 Å². The maximum atomic E-state index is 13.6. The molecule has 0 saturated heterocycles. The van der Waals surface area contributed by atoms with Crippen molar-refractivity contribution in [3.8, 4) is 5.75 Å². The zero-order valence-corrected chi connectivity index (χ0v) is 22.3. The van der Waals surface area contributed by atoms with Gasteiger partial charge in [0.15, 0.2) is 0 Å². The van der Waals surface area contributed by atoms with E-state index in [2.05, 4.69) is 5.32 Å². The minimum atomic E-state index is -3.78. The van der Waals surface area contributed by atoms with Crippen LogP contribution in [0.2, 0.25) is 0 Å².